The number of sulfonamides is 1. The molecule has 0 heterocycles. The van der Waals surface area contributed by atoms with E-state index in [0.717, 1.165) is 5.56 Å². The van der Waals surface area contributed by atoms with E-state index in [2.05, 4.69) is 10.0 Å². The number of methoxy groups -OCH3 is 4. The first-order valence-corrected chi connectivity index (χ1v) is 11.4. The van der Waals surface area contributed by atoms with Gasteiger partial charge in [-0.05, 0) is 25.1 Å². The fourth-order valence-corrected chi connectivity index (χ4v) is 4.31. The van der Waals surface area contributed by atoms with Crippen LogP contribution < -0.4 is 19.5 Å². The Hall–Kier alpha value is -2.66. The van der Waals surface area contributed by atoms with E-state index in [1.807, 2.05) is 6.92 Å². The predicted molar refractivity (Wildman–Crippen MR) is 119 cm³/mol. The minimum Gasteiger partial charge on any atom is -0.493 e. The van der Waals surface area contributed by atoms with Crippen molar-refractivity contribution < 1.29 is 32.2 Å². The Morgan fingerprint density at radius 1 is 0.969 bits per heavy atom. The van der Waals surface area contributed by atoms with Crippen molar-refractivity contribution in [2.45, 2.75) is 30.6 Å². The summed E-state index contributed by atoms with van der Waals surface area (Å²) in [5, 5.41) is 2.69. The number of aryl methyl sites for hydroxylation is 1. The van der Waals surface area contributed by atoms with Gasteiger partial charge in [-0.1, -0.05) is 29.8 Å². The Labute approximate surface area is 189 Å². The summed E-state index contributed by atoms with van der Waals surface area (Å²) in [5.74, 6) is 0.361. The highest BCUT2D eigenvalue weighted by Crippen LogP contribution is 2.36. The minimum atomic E-state index is -3.93. The number of carbonyl (C=O) groups excluding carboxylic acids is 1. The molecule has 0 aliphatic rings. The van der Waals surface area contributed by atoms with Gasteiger partial charge in [0.1, 0.15) is 0 Å². The largest absolute Gasteiger partial charge is 0.493 e. The predicted octanol–water partition coefficient (Wildman–Crippen LogP) is 2.16. The van der Waals surface area contributed by atoms with Gasteiger partial charge in [-0.2, -0.15) is 0 Å². The highest BCUT2D eigenvalue weighted by atomic mass is 32.2. The molecule has 176 valence electrons. The summed E-state index contributed by atoms with van der Waals surface area (Å²) in [5.41, 5.74) is 1.40. The number of amides is 1. The maximum Gasteiger partial charge on any atom is 0.241 e. The molecule has 0 saturated carbocycles. The number of rotatable bonds is 12. The first kappa shape index (κ1) is 25.6. The molecule has 0 aliphatic heterocycles. The summed E-state index contributed by atoms with van der Waals surface area (Å²) in [6.45, 7) is 1.98. The molecule has 1 amide bonds. The van der Waals surface area contributed by atoms with Crippen molar-refractivity contribution in [1.82, 2.24) is 10.0 Å². The Balaban J connectivity index is 2.37. The van der Waals surface area contributed by atoms with Crippen molar-refractivity contribution in [1.29, 1.82) is 0 Å². The minimum absolute atomic E-state index is 0.0919. The second kappa shape index (κ2) is 11.8. The average molecular weight is 467 g/mol. The first-order chi connectivity index (χ1) is 15.2. The van der Waals surface area contributed by atoms with Gasteiger partial charge in [0, 0.05) is 26.2 Å². The SMILES string of the molecule is COc1cccc([C@@H](CC(=O)NCC(OC)OC)NS(=O)(=O)c2ccc(C)cc2)c1OC. The lowest BCUT2D eigenvalue weighted by atomic mass is 10.0. The molecule has 0 spiro atoms. The van der Waals surface area contributed by atoms with E-state index in [1.165, 1.54) is 40.6 Å². The number of hydrogen-bond acceptors (Lipinski definition) is 7. The lowest BCUT2D eigenvalue weighted by Crippen LogP contribution is -2.37. The summed E-state index contributed by atoms with van der Waals surface area (Å²) < 4.78 is 49.7. The van der Waals surface area contributed by atoms with Crippen LogP contribution in [0.5, 0.6) is 11.5 Å². The maximum atomic E-state index is 13.1. The van der Waals surface area contributed by atoms with Crippen LogP contribution in [0.25, 0.3) is 0 Å². The lowest BCUT2D eigenvalue weighted by molar-refractivity contribution is -0.127. The number of para-hydroxylation sites is 1. The molecule has 0 bridgehead atoms. The fourth-order valence-electron chi connectivity index (χ4n) is 3.09. The van der Waals surface area contributed by atoms with E-state index in [4.69, 9.17) is 18.9 Å². The molecule has 2 N–H and O–H groups in total. The first-order valence-electron chi connectivity index (χ1n) is 9.87. The normalized spacial score (nSPS) is 12.4. The van der Waals surface area contributed by atoms with Crippen LogP contribution >= 0.6 is 0 Å². The van der Waals surface area contributed by atoms with Crippen molar-refractivity contribution in [2.75, 3.05) is 35.0 Å². The van der Waals surface area contributed by atoms with E-state index in [0.29, 0.717) is 17.1 Å². The Kier molecular flexibility index (Phi) is 9.45. The topological polar surface area (TPSA) is 112 Å². The standard InChI is InChI=1S/C22H30N2O7S/c1-15-9-11-16(12-10-15)32(26,27)24-18(13-20(25)23-14-21(29-3)30-4)17-7-6-8-19(28-2)22(17)31-5/h6-12,18,21,24H,13-14H2,1-5H3,(H,23,25)/t18-/m1/s1. The van der Waals surface area contributed by atoms with Crippen LogP contribution in [0, 0.1) is 6.92 Å². The van der Waals surface area contributed by atoms with E-state index in [-0.39, 0.29) is 17.9 Å². The molecule has 0 unspecified atom stereocenters. The van der Waals surface area contributed by atoms with Crippen LogP contribution in [-0.2, 0) is 24.3 Å². The summed E-state index contributed by atoms with van der Waals surface area (Å²) in [6, 6.07) is 10.6. The highest BCUT2D eigenvalue weighted by Gasteiger charge is 2.27. The van der Waals surface area contributed by atoms with Gasteiger partial charge in [-0.3, -0.25) is 4.79 Å². The third-order valence-electron chi connectivity index (χ3n) is 4.82. The highest BCUT2D eigenvalue weighted by molar-refractivity contribution is 7.89. The van der Waals surface area contributed by atoms with Crippen LogP contribution in [0.4, 0.5) is 0 Å². The number of hydrogen-bond donors (Lipinski definition) is 2. The number of benzene rings is 2. The smallest absolute Gasteiger partial charge is 0.241 e. The molecule has 32 heavy (non-hydrogen) atoms. The molecule has 1 atom stereocenters. The van der Waals surface area contributed by atoms with Gasteiger partial charge in [0.15, 0.2) is 17.8 Å². The summed E-state index contributed by atoms with van der Waals surface area (Å²) in [6.07, 6.45) is -0.803. The summed E-state index contributed by atoms with van der Waals surface area (Å²) in [4.78, 5) is 12.7. The molecule has 2 aromatic carbocycles. The number of carbonyl (C=O) groups is 1. The zero-order valence-electron chi connectivity index (χ0n) is 18.9. The van der Waals surface area contributed by atoms with Crippen LogP contribution in [0.15, 0.2) is 47.4 Å². The Bertz CT molecular complexity index is 990. The average Bonchev–Trinajstić information content (AvgIpc) is 2.78. The van der Waals surface area contributed by atoms with Gasteiger partial charge in [0.05, 0.1) is 31.7 Å². The number of ether oxygens (including phenoxy) is 4. The van der Waals surface area contributed by atoms with E-state index in [9.17, 15) is 13.2 Å². The molecule has 0 aromatic heterocycles. The molecule has 0 radical (unpaired) electrons. The third kappa shape index (κ3) is 6.67. The second-order valence-electron chi connectivity index (χ2n) is 6.98. The van der Waals surface area contributed by atoms with E-state index < -0.39 is 28.3 Å². The quantitative estimate of drug-likeness (QED) is 0.461. The molecule has 0 aliphatic carbocycles. The van der Waals surface area contributed by atoms with E-state index in [1.54, 1.807) is 30.3 Å². The van der Waals surface area contributed by atoms with Gasteiger partial charge < -0.3 is 24.3 Å². The summed E-state index contributed by atoms with van der Waals surface area (Å²) >= 11 is 0. The van der Waals surface area contributed by atoms with Crippen LogP contribution in [0.1, 0.15) is 23.6 Å². The van der Waals surface area contributed by atoms with E-state index >= 15 is 0 Å². The maximum absolute atomic E-state index is 13.1. The van der Waals surface area contributed by atoms with Gasteiger partial charge in [0.25, 0.3) is 0 Å². The van der Waals surface area contributed by atoms with Gasteiger partial charge >= 0.3 is 0 Å². The zero-order valence-corrected chi connectivity index (χ0v) is 19.7. The van der Waals surface area contributed by atoms with Crippen molar-refractivity contribution in [2.24, 2.45) is 0 Å². The fraction of sp³-hybridized carbons (Fsp3) is 0.409. The van der Waals surface area contributed by atoms with Crippen LogP contribution in [0.2, 0.25) is 0 Å². The van der Waals surface area contributed by atoms with Crippen LogP contribution in [-0.4, -0.2) is 55.6 Å². The Morgan fingerprint density at radius 2 is 1.62 bits per heavy atom. The van der Waals surface area contributed by atoms with Gasteiger partial charge in [-0.15, -0.1) is 0 Å². The van der Waals surface area contributed by atoms with Crippen LogP contribution in [0.3, 0.4) is 0 Å². The second-order valence-corrected chi connectivity index (χ2v) is 8.69. The number of nitrogens with one attached hydrogen (secondary N) is 2. The molecule has 2 aromatic rings. The monoisotopic (exact) mass is 466 g/mol. The van der Waals surface area contributed by atoms with Gasteiger partial charge in [0.2, 0.25) is 15.9 Å². The van der Waals surface area contributed by atoms with Crippen molar-refractivity contribution in [3.05, 3.63) is 53.6 Å². The van der Waals surface area contributed by atoms with Gasteiger partial charge in [-0.25, -0.2) is 13.1 Å². The Morgan fingerprint density at radius 3 is 2.19 bits per heavy atom. The lowest BCUT2D eigenvalue weighted by Gasteiger charge is -2.23. The zero-order chi connectivity index (χ0) is 23.7. The van der Waals surface area contributed by atoms with Crippen molar-refractivity contribution in [3.8, 4) is 11.5 Å². The molecule has 0 saturated heterocycles. The molecular formula is C22H30N2O7S. The van der Waals surface area contributed by atoms with Crippen molar-refractivity contribution >= 4 is 15.9 Å². The molecule has 9 nitrogen and oxygen atoms in total. The molecule has 10 heteroatoms. The summed E-state index contributed by atoms with van der Waals surface area (Å²) in [7, 11) is 1.92. The molecular weight excluding hydrogens is 436 g/mol. The molecule has 0 fully saturated rings. The molecule has 2 rings (SSSR count). The van der Waals surface area contributed by atoms with Crippen molar-refractivity contribution in [3.63, 3.8) is 0 Å². The third-order valence-corrected chi connectivity index (χ3v) is 6.31.